The van der Waals surface area contributed by atoms with Crippen molar-refractivity contribution in [2.75, 3.05) is 13.7 Å². The van der Waals surface area contributed by atoms with Crippen LogP contribution in [0.1, 0.15) is 75.9 Å². The van der Waals surface area contributed by atoms with Crippen LogP contribution in [0.15, 0.2) is 12.3 Å². The number of ether oxygens (including phenoxy) is 2. The first kappa shape index (κ1) is 27.2. The predicted molar refractivity (Wildman–Crippen MR) is 138 cm³/mol. The highest BCUT2D eigenvalue weighted by Gasteiger charge is 2.57. The smallest absolute Gasteiger partial charge is 0.405 e. The highest BCUT2D eigenvalue weighted by molar-refractivity contribution is 5.95. The van der Waals surface area contributed by atoms with Crippen molar-refractivity contribution in [1.29, 1.82) is 0 Å². The zero-order chi connectivity index (χ0) is 27.0. The SMILES string of the molecule is COCC(=O)NC(C)(C)/C=C/n1ncc(C(=O)NC2C3CC4CC2CC(OC(N)=O)(C4)C3)c1CC(C)C. The normalized spacial score (nSPS) is 28.6. The van der Waals surface area contributed by atoms with Crippen LogP contribution in [0.4, 0.5) is 4.79 Å². The lowest BCUT2D eigenvalue weighted by Gasteiger charge is -2.58. The van der Waals surface area contributed by atoms with E-state index in [0.29, 0.717) is 23.8 Å². The molecule has 4 aliphatic carbocycles. The Bertz CT molecular complexity index is 1050. The minimum absolute atomic E-state index is 0.0123. The molecule has 2 atom stereocenters. The minimum atomic E-state index is -0.706. The Morgan fingerprint density at radius 3 is 2.51 bits per heavy atom. The van der Waals surface area contributed by atoms with Gasteiger partial charge in [-0.2, -0.15) is 5.10 Å². The molecule has 4 N–H and O–H groups in total. The van der Waals surface area contributed by atoms with Gasteiger partial charge in [0, 0.05) is 19.4 Å². The number of carbonyl (C=O) groups is 3. The van der Waals surface area contributed by atoms with Crippen molar-refractivity contribution < 1.29 is 23.9 Å². The monoisotopic (exact) mass is 515 g/mol. The highest BCUT2D eigenvalue weighted by Crippen LogP contribution is 2.57. The zero-order valence-corrected chi connectivity index (χ0v) is 22.6. The van der Waals surface area contributed by atoms with Crippen LogP contribution in [0.3, 0.4) is 0 Å². The average Bonchev–Trinajstić information content (AvgIpc) is 3.15. The van der Waals surface area contributed by atoms with Gasteiger partial charge in [-0.1, -0.05) is 13.8 Å². The van der Waals surface area contributed by atoms with E-state index in [1.807, 2.05) is 19.9 Å². The van der Waals surface area contributed by atoms with Gasteiger partial charge in [0.2, 0.25) is 5.91 Å². The van der Waals surface area contributed by atoms with Gasteiger partial charge in [-0.15, -0.1) is 0 Å². The van der Waals surface area contributed by atoms with Crippen LogP contribution in [0.2, 0.25) is 0 Å². The number of primary amides is 1. The molecule has 0 radical (unpaired) electrons. The second-order valence-electron chi connectivity index (χ2n) is 12.1. The molecule has 4 fully saturated rings. The van der Waals surface area contributed by atoms with Gasteiger partial charge >= 0.3 is 6.09 Å². The summed E-state index contributed by atoms with van der Waals surface area (Å²) in [5.41, 5.74) is 5.69. The minimum Gasteiger partial charge on any atom is -0.443 e. The Labute approximate surface area is 218 Å². The van der Waals surface area contributed by atoms with Gasteiger partial charge in [0.1, 0.15) is 12.2 Å². The molecular formula is C27H41N5O5. The Balaban J connectivity index is 1.50. The molecular weight excluding hydrogens is 474 g/mol. The van der Waals surface area contributed by atoms with Crippen LogP contribution in [0, 0.1) is 23.7 Å². The van der Waals surface area contributed by atoms with E-state index in [-0.39, 0.29) is 36.3 Å². The van der Waals surface area contributed by atoms with Crippen LogP contribution in [-0.2, 0) is 20.7 Å². The van der Waals surface area contributed by atoms with Crippen LogP contribution in [0.25, 0.3) is 6.20 Å². The summed E-state index contributed by atoms with van der Waals surface area (Å²) in [6.45, 7) is 7.97. The lowest BCUT2D eigenvalue weighted by atomic mass is 9.52. The molecule has 4 bridgehead atoms. The van der Waals surface area contributed by atoms with Gasteiger partial charge in [-0.3, -0.25) is 9.59 Å². The molecule has 0 aromatic carbocycles. The summed E-state index contributed by atoms with van der Waals surface area (Å²) < 4.78 is 12.2. The summed E-state index contributed by atoms with van der Waals surface area (Å²) in [5, 5.41) is 10.7. The Kier molecular flexibility index (Phi) is 7.69. The number of hydrogen-bond acceptors (Lipinski definition) is 6. The summed E-state index contributed by atoms with van der Waals surface area (Å²) in [7, 11) is 1.48. The second kappa shape index (κ2) is 10.5. The van der Waals surface area contributed by atoms with E-state index in [1.165, 1.54) is 7.11 Å². The molecule has 1 heterocycles. The maximum absolute atomic E-state index is 13.6. The third-order valence-electron chi connectivity index (χ3n) is 7.95. The van der Waals surface area contributed by atoms with E-state index in [4.69, 9.17) is 15.2 Å². The van der Waals surface area contributed by atoms with Gasteiger partial charge in [0.25, 0.3) is 5.91 Å². The Hall–Kier alpha value is -2.88. The maximum Gasteiger partial charge on any atom is 0.405 e. The van der Waals surface area contributed by atoms with Gasteiger partial charge in [0.05, 0.1) is 23.0 Å². The van der Waals surface area contributed by atoms with Crippen molar-refractivity contribution in [2.45, 2.75) is 83.4 Å². The van der Waals surface area contributed by atoms with Crippen LogP contribution in [-0.4, -0.2) is 58.6 Å². The molecule has 4 aliphatic rings. The molecule has 10 heteroatoms. The topological polar surface area (TPSA) is 138 Å². The van der Waals surface area contributed by atoms with Crippen LogP contribution < -0.4 is 16.4 Å². The van der Waals surface area contributed by atoms with Gasteiger partial charge in [0.15, 0.2) is 0 Å². The molecule has 3 amide bonds. The third-order valence-corrected chi connectivity index (χ3v) is 7.95. The van der Waals surface area contributed by atoms with Crippen LogP contribution in [0.5, 0.6) is 0 Å². The first-order valence-corrected chi connectivity index (χ1v) is 13.3. The summed E-state index contributed by atoms with van der Waals surface area (Å²) in [6.07, 6.45) is 9.71. The number of nitrogens with one attached hydrogen (secondary N) is 2. The van der Waals surface area contributed by atoms with Crippen molar-refractivity contribution in [3.8, 4) is 0 Å². The van der Waals surface area contributed by atoms with E-state index < -0.39 is 17.2 Å². The van der Waals surface area contributed by atoms with Gasteiger partial charge < -0.3 is 25.8 Å². The van der Waals surface area contributed by atoms with Crippen molar-refractivity contribution in [3.05, 3.63) is 23.5 Å². The molecule has 10 nitrogen and oxygen atoms in total. The molecule has 0 aliphatic heterocycles. The fourth-order valence-electron chi connectivity index (χ4n) is 6.87. The van der Waals surface area contributed by atoms with Crippen molar-refractivity contribution in [3.63, 3.8) is 0 Å². The number of methoxy groups -OCH3 is 1. The summed E-state index contributed by atoms with van der Waals surface area (Å²) in [5.74, 6) is 1.05. The quantitative estimate of drug-likeness (QED) is 0.438. The van der Waals surface area contributed by atoms with E-state index in [1.54, 1.807) is 17.1 Å². The maximum atomic E-state index is 13.6. The molecule has 37 heavy (non-hydrogen) atoms. The third kappa shape index (κ3) is 6.17. The number of aromatic nitrogens is 2. The molecule has 0 spiro atoms. The Morgan fingerprint density at radius 1 is 1.24 bits per heavy atom. The number of amides is 3. The summed E-state index contributed by atoms with van der Waals surface area (Å²) in [4.78, 5) is 37.1. The number of carbonyl (C=O) groups excluding carboxylic acids is 3. The Morgan fingerprint density at radius 2 is 1.92 bits per heavy atom. The first-order valence-electron chi connectivity index (χ1n) is 13.3. The van der Waals surface area contributed by atoms with Gasteiger partial charge in [-0.05, 0) is 82.1 Å². The zero-order valence-electron chi connectivity index (χ0n) is 22.6. The first-order chi connectivity index (χ1) is 17.4. The lowest BCUT2D eigenvalue weighted by Crippen LogP contribution is -2.63. The lowest BCUT2D eigenvalue weighted by molar-refractivity contribution is -0.137. The number of nitrogens with two attached hydrogens (primary N) is 1. The molecule has 1 aromatic rings. The molecule has 2 unspecified atom stereocenters. The molecule has 204 valence electrons. The number of rotatable bonds is 10. The standard InChI is InChI=1S/C27H41N5O5/c1-16(2)8-21-20(14-29-32(21)7-6-26(3,4)31-22(33)15-36-5)24(34)30-23-18-9-17-10-19(23)13-27(11-17,12-18)37-25(28)35/h6-7,14,16-19,23H,8-13,15H2,1-5H3,(H2,28,35)(H,30,34)(H,31,33)/b7-6+. The highest BCUT2D eigenvalue weighted by atomic mass is 16.6. The second-order valence-corrected chi connectivity index (χ2v) is 12.1. The fraction of sp³-hybridized carbons (Fsp3) is 0.704. The predicted octanol–water partition coefficient (Wildman–Crippen LogP) is 2.87. The van der Waals surface area contributed by atoms with Gasteiger partial charge in [-0.25, -0.2) is 9.48 Å². The van der Waals surface area contributed by atoms with Crippen LogP contribution >= 0.6 is 0 Å². The number of hydrogen-bond donors (Lipinski definition) is 3. The van der Waals surface area contributed by atoms with E-state index in [9.17, 15) is 14.4 Å². The molecule has 4 saturated carbocycles. The summed E-state index contributed by atoms with van der Waals surface area (Å²) >= 11 is 0. The number of nitrogens with zero attached hydrogens (tertiary/aromatic N) is 2. The molecule has 5 rings (SSSR count). The van der Waals surface area contributed by atoms with E-state index in [0.717, 1.165) is 37.8 Å². The molecule has 0 saturated heterocycles. The van der Waals surface area contributed by atoms with Crippen molar-refractivity contribution in [1.82, 2.24) is 20.4 Å². The largest absolute Gasteiger partial charge is 0.443 e. The van der Waals surface area contributed by atoms with Crippen molar-refractivity contribution in [2.24, 2.45) is 29.4 Å². The molecule has 1 aromatic heterocycles. The van der Waals surface area contributed by atoms with E-state index >= 15 is 0 Å². The summed E-state index contributed by atoms with van der Waals surface area (Å²) in [6, 6.07) is 0.0503. The van der Waals surface area contributed by atoms with E-state index in [2.05, 4.69) is 29.6 Å². The average molecular weight is 516 g/mol. The van der Waals surface area contributed by atoms with Crippen molar-refractivity contribution >= 4 is 24.1 Å². The fourth-order valence-corrected chi connectivity index (χ4v) is 6.87.